The van der Waals surface area contributed by atoms with E-state index in [0.717, 1.165) is 17.3 Å². The molecule has 1 aliphatic rings. The van der Waals surface area contributed by atoms with Crippen molar-refractivity contribution >= 4 is 27.7 Å². The predicted octanol–water partition coefficient (Wildman–Crippen LogP) is 4.02. The van der Waals surface area contributed by atoms with Crippen molar-refractivity contribution in [2.75, 3.05) is 6.54 Å². The van der Waals surface area contributed by atoms with E-state index in [9.17, 15) is 9.59 Å². The van der Waals surface area contributed by atoms with Gasteiger partial charge < -0.3 is 0 Å². The van der Waals surface area contributed by atoms with E-state index in [1.165, 1.54) is 24.2 Å². The molecule has 0 aliphatic carbocycles. The molecule has 0 radical (unpaired) electrons. The summed E-state index contributed by atoms with van der Waals surface area (Å²) in [5, 5.41) is 0. The maximum atomic E-state index is 12.2. The molecule has 102 valence electrons. The summed E-state index contributed by atoms with van der Waals surface area (Å²) in [5.41, 5.74) is 1.05. The third kappa shape index (κ3) is 3.06. The Hall–Kier alpha value is -1.16. The molecule has 2 amide bonds. The predicted molar refractivity (Wildman–Crippen MR) is 78.3 cm³/mol. The largest absolute Gasteiger partial charge is 0.274 e. The number of unbranched alkanes of at least 4 members (excludes halogenated alkanes) is 4. The van der Waals surface area contributed by atoms with Crippen LogP contribution in [0.3, 0.4) is 0 Å². The normalized spacial score (nSPS) is 14.1. The highest BCUT2D eigenvalue weighted by Crippen LogP contribution is 2.26. The van der Waals surface area contributed by atoms with Gasteiger partial charge in [0, 0.05) is 11.0 Å². The number of benzene rings is 1. The van der Waals surface area contributed by atoms with E-state index in [-0.39, 0.29) is 11.8 Å². The van der Waals surface area contributed by atoms with E-state index >= 15 is 0 Å². The Morgan fingerprint density at radius 1 is 1.00 bits per heavy atom. The summed E-state index contributed by atoms with van der Waals surface area (Å²) < 4.78 is 0.831. The number of carbonyl (C=O) groups excluding carboxylic acids is 2. The summed E-state index contributed by atoms with van der Waals surface area (Å²) in [6.07, 6.45) is 5.55. The monoisotopic (exact) mass is 323 g/mol. The highest BCUT2D eigenvalue weighted by Gasteiger charge is 2.34. The third-order valence-electron chi connectivity index (χ3n) is 3.42. The Balaban J connectivity index is 1.98. The summed E-state index contributed by atoms with van der Waals surface area (Å²) in [4.78, 5) is 25.7. The molecule has 0 saturated heterocycles. The number of carbonyl (C=O) groups is 2. The summed E-state index contributed by atoms with van der Waals surface area (Å²) in [5.74, 6) is -0.306. The molecule has 0 spiro atoms. The first-order valence-corrected chi connectivity index (χ1v) is 7.60. The zero-order valence-corrected chi connectivity index (χ0v) is 12.7. The van der Waals surface area contributed by atoms with E-state index in [1.54, 1.807) is 18.2 Å². The van der Waals surface area contributed by atoms with Gasteiger partial charge in [-0.2, -0.15) is 0 Å². The van der Waals surface area contributed by atoms with Crippen LogP contribution in [0.25, 0.3) is 0 Å². The van der Waals surface area contributed by atoms with Gasteiger partial charge in [-0.1, -0.05) is 48.5 Å². The van der Waals surface area contributed by atoms with Crippen molar-refractivity contribution in [2.24, 2.45) is 0 Å². The summed E-state index contributed by atoms with van der Waals surface area (Å²) in [7, 11) is 0. The van der Waals surface area contributed by atoms with Gasteiger partial charge in [-0.25, -0.2) is 0 Å². The van der Waals surface area contributed by atoms with E-state index in [2.05, 4.69) is 22.9 Å². The third-order valence-corrected chi connectivity index (χ3v) is 3.91. The average molecular weight is 324 g/mol. The molecule has 1 heterocycles. The Labute approximate surface area is 122 Å². The smallest absolute Gasteiger partial charge is 0.261 e. The number of halogens is 1. The van der Waals surface area contributed by atoms with Crippen molar-refractivity contribution in [3.8, 4) is 0 Å². The molecule has 0 bridgehead atoms. The lowest BCUT2D eigenvalue weighted by Gasteiger charge is -2.13. The summed E-state index contributed by atoms with van der Waals surface area (Å²) in [6, 6.07) is 5.25. The fraction of sp³-hybridized carbons (Fsp3) is 0.467. The molecule has 2 rings (SSSR count). The van der Waals surface area contributed by atoms with Crippen molar-refractivity contribution in [1.82, 2.24) is 4.90 Å². The van der Waals surface area contributed by atoms with Crippen LogP contribution in [0.5, 0.6) is 0 Å². The zero-order chi connectivity index (χ0) is 13.8. The molecule has 1 aromatic carbocycles. The van der Waals surface area contributed by atoms with Gasteiger partial charge in [0.25, 0.3) is 11.8 Å². The van der Waals surface area contributed by atoms with Gasteiger partial charge in [0.2, 0.25) is 0 Å². The molecule has 1 aliphatic heterocycles. The lowest BCUT2D eigenvalue weighted by Crippen LogP contribution is -2.30. The summed E-state index contributed by atoms with van der Waals surface area (Å²) in [6.45, 7) is 2.70. The minimum absolute atomic E-state index is 0.150. The van der Waals surface area contributed by atoms with Crippen LogP contribution in [0.2, 0.25) is 0 Å². The fourth-order valence-corrected chi connectivity index (χ4v) is 2.70. The topological polar surface area (TPSA) is 37.4 Å². The SMILES string of the molecule is CCCCCCCN1C(=O)c2ccc(Br)cc2C1=O. The molecular formula is C15H18BrNO2. The van der Waals surface area contributed by atoms with Crippen molar-refractivity contribution in [2.45, 2.75) is 39.0 Å². The van der Waals surface area contributed by atoms with E-state index in [1.807, 2.05) is 0 Å². The van der Waals surface area contributed by atoms with Gasteiger partial charge in [0.15, 0.2) is 0 Å². The van der Waals surface area contributed by atoms with Crippen LogP contribution in [0.4, 0.5) is 0 Å². The maximum absolute atomic E-state index is 12.2. The van der Waals surface area contributed by atoms with Crippen LogP contribution >= 0.6 is 15.9 Å². The Morgan fingerprint density at radius 3 is 2.42 bits per heavy atom. The molecule has 0 fully saturated rings. The maximum Gasteiger partial charge on any atom is 0.261 e. The average Bonchev–Trinajstić information content (AvgIpc) is 2.63. The van der Waals surface area contributed by atoms with Crippen molar-refractivity contribution in [1.29, 1.82) is 0 Å². The molecule has 19 heavy (non-hydrogen) atoms. The van der Waals surface area contributed by atoms with Crippen molar-refractivity contribution in [3.63, 3.8) is 0 Å². The number of fused-ring (bicyclic) bond motifs is 1. The Morgan fingerprint density at radius 2 is 1.68 bits per heavy atom. The van der Waals surface area contributed by atoms with Crippen LogP contribution in [0.1, 0.15) is 59.7 Å². The van der Waals surface area contributed by atoms with Crippen LogP contribution < -0.4 is 0 Å². The molecule has 3 nitrogen and oxygen atoms in total. The highest BCUT2D eigenvalue weighted by molar-refractivity contribution is 9.10. The van der Waals surface area contributed by atoms with Crippen LogP contribution in [0, 0.1) is 0 Å². The van der Waals surface area contributed by atoms with Crippen molar-refractivity contribution in [3.05, 3.63) is 33.8 Å². The molecule has 0 N–H and O–H groups in total. The lowest BCUT2D eigenvalue weighted by molar-refractivity contribution is 0.0651. The number of nitrogens with zero attached hydrogens (tertiary/aromatic N) is 1. The van der Waals surface area contributed by atoms with Gasteiger partial charge in [-0.05, 0) is 24.6 Å². The van der Waals surface area contributed by atoms with Crippen molar-refractivity contribution < 1.29 is 9.59 Å². The first-order valence-electron chi connectivity index (χ1n) is 6.81. The number of hydrogen-bond donors (Lipinski definition) is 0. The first kappa shape index (κ1) is 14.3. The highest BCUT2D eigenvalue weighted by atomic mass is 79.9. The van der Waals surface area contributed by atoms with E-state index in [4.69, 9.17) is 0 Å². The molecule has 0 unspecified atom stereocenters. The Kier molecular flexibility index (Phi) is 4.75. The molecule has 4 heteroatoms. The van der Waals surface area contributed by atoms with Gasteiger partial charge in [0.05, 0.1) is 11.1 Å². The van der Waals surface area contributed by atoms with Crippen LogP contribution in [-0.2, 0) is 0 Å². The lowest BCUT2D eigenvalue weighted by atomic mass is 10.1. The summed E-state index contributed by atoms with van der Waals surface area (Å²) >= 11 is 3.33. The molecule has 0 atom stereocenters. The van der Waals surface area contributed by atoms with Crippen LogP contribution in [-0.4, -0.2) is 23.3 Å². The fourth-order valence-electron chi connectivity index (χ4n) is 2.34. The molecule has 0 aromatic heterocycles. The van der Waals surface area contributed by atoms with Gasteiger partial charge in [0.1, 0.15) is 0 Å². The molecule has 0 saturated carbocycles. The van der Waals surface area contributed by atoms with Crippen LogP contribution in [0.15, 0.2) is 22.7 Å². The quantitative estimate of drug-likeness (QED) is 0.585. The number of amides is 2. The first-order chi connectivity index (χ1) is 9.15. The number of rotatable bonds is 6. The minimum atomic E-state index is -0.156. The van der Waals surface area contributed by atoms with Gasteiger partial charge in [-0.3, -0.25) is 14.5 Å². The van der Waals surface area contributed by atoms with Gasteiger partial charge >= 0.3 is 0 Å². The molecular weight excluding hydrogens is 306 g/mol. The second-order valence-electron chi connectivity index (χ2n) is 4.87. The molecule has 1 aromatic rings. The Bertz CT molecular complexity index is 499. The standard InChI is InChI=1S/C15H18BrNO2/c1-2-3-4-5-6-9-17-14(18)12-8-7-11(16)10-13(12)15(17)19/h7-8,10H,2-6,9H2,1H3. The number of imide groups is 1. The van der Waals surface area contributed by atoms with Gasteiger partial charge in [-0.15, -0.1) is 0 Å². The number of hydrogen-bond acceptors (Lipinski definition) is 2. The van der Waals surface area contributed by atoms with E-state index < -0.39 is 0 Å². The second kappa shape index (κ2) is 6.33. The second-order valence-corrected chi connectivity index (χ2v) is 5.78. The minimum Gasteiger partial charge on any atom is -0.274 e. The van der Waals surface area contributed by atoms with E-state index in [0.29, 0.717) is 17.7 Å². The zero-order valence-electron chi connectivity index (χ0n) is 11.1.